The van der Waals surface area contributed by atoms with Gasteiger partial charge >= 0.3 is 6.09 Å². The van der Waals surface area contributed by atoms with Crippen LogP contribution in [0.4, 0.5) is 16.3 Å². The first-order chi connectivity index (χ1) is 17.1. The van der Waals surface area contributed by atoms with Crippen molar-refractivity contribution in [2.45, 2.75) is 32.3 Å². The molecule has 2 amide bonds. The van der Waals surface area contributed by atoms with Crippen LogP contribution in [0.3, 0.4) is 0 Å². The monoisotopic (exact) mass is 468 g/mol. The van der Waals surface area contributed by atoms with Crippen molar-refractivity contribution in [1.29, 1.82) is 0 Å². The minimum absolute atomic E-state index is 0.101. The lowest BCUT2D eigenvalue weighted by Crippen LogP contribution is -2.38. The Morgan fingerprint density at radius 2 is 1.71 bits per heavy atom. The van der Waals surface area contributed by atoms with Crippen LogP contribution in [0.25, 0.3) is 10.8 Å². The van der Waals surface area contributed by atoms with E-state index in [0.29, 0.717) is 18.9 Å². The Balaban J connectivity index is 1.25. The number of benzene rings is 3. The first-order valence-electron chi connectivity index (χ1n) is 11.9. The van der Waals surface area contributed by atoms with Gasteiger partial charge in [0.1, 0.15) is 6.61 Å². The number of likely N-dealkylation sites (tertiary alicyclic amines) is 1. The Morgan fingerprint density at radius 3 is 2.49 bits per heavy atom. The molecule has 0 spiro atoms. The smallest absolute Gasteiger partial charge is 0.410 e. The van der Waals surface area contributed by atoms with E-state index < -0.39 is 0 Å². The molecule has 0 unspecified atom stereocenters. The molecule has 0 atom stereocenters. The maximum atomic E-state index is 12.7. The molecule has 1 N–H and O–H groups in total. The second-order valence-electron chi connectivity index (χ2n) is 8.84. The molecule has 0 radical (unpaired) electrons. The molecule has 1 aliphatic rings. The highest BCUT2D eigenvalue weighted by atomic mass is 16.6. The lowest BCUT2D eigenvalue weighted by molar-refractivity contribution is -0.115. The normalized spacial score (nSPS) is 14.1. The van der Waals surface area contributed by atoms with E-state index in [4.69, 9.17) is 4.74 Å². The highest BCUT2D eigenvalue weighted by molar-refractivity contribution is 6.06. The fourth-order valence-electron chi connectivity index (χ4n) is 4.69. The predicted octanol–water partition coefficient (Wildman–Crippen LogP) is 5.76. The zero-order chi connectivity index (χ0) is 24.2. The van der Waals surface area contributed by atoms with Crippen molar-refractivity contribution in [3.8, 4) is 0 Å². The number of hydrogen-bond acceptors (Lipinski definition) is 4. The van der Waals surface area contributed by atoms with Gasteiger partial charge in [0.25, 0.3) is 0 Å². The van der Waals surface area contributed by atoms with E-state index in [0.717, 1.165) is 40.6 Å². The standard InChI is InChI=1S/C28H28N4O3/c1-20(33)32(26-13-7-11-22-10-5-6-12-24(22)26)27-18-25(29-30-27)23-14-16-31(17-15-23)28(34)35-19-21-8-3-2-4-9-21/h2-13,18,23H,14-17,19H2,1H3,(H,29,30). The molecular formula is C28H28N4O3. The van der Waals surface area contributed by atoms with Crippen molar-refractivity contribution in [3.63, 3.8) is 0 Å². The molecule has 4 aromatic rings. The number of H-pyrrole nitrogens is 1. The van der Waals surface area contributed by atoms with E-state index in [1.807, 2.05) is 78.9 Å². The van der Waals surface area contributed by atoms with Crippen molar-refractivity contribution in [1.82, 2.24) is 15.1 Å². The molecule has 178 valence electrons. The van der Waals surface area contributed by atoms with Crippen LogP contribution in [-0.2, 0) is 16.1 Å². The first kappa shape index (κ1) is 22.7. The van der Waals surface area contributed by atoms with E-state index in [-0.39, 0.29) is 24.5 Å². The number of amides is 2. The molecule has 7 heteroatoms. The molecule has 5 rings (SSSR count). The Morgan fingerprint density at radius 1 is 1.00 bits per heavy atom. The fraction of sp³-hybridized carbons (Fsp3) is 0.250. The van der Waals surface area contributed by atoms with E-state index in [9.17, 15) is 9.59 Å². The number of nitrogens with zero attached hydrogens (tertiary/aromatic N) is 3. The molecule has 35 heavy (non-hydrogen) atoms. The lowest BCUT2D eigenvalue weighted by atomic mass is 9.94. The maximum absolute atomic E-state index is 12.7. The molecule has 1 aliphatic heterocycles. The summed E-state index contributed by atoms with van der Waals surface area (Å²) in [5.41, 5.74) is 2.76. The number of anilines is 2. The molecule has 0 aliphatic carbocycles. The molecular weight excluding hydrogens is 440 g/mol. The van der Waals surface area contributed by atoms with Gasteiger partial charge in [-0.1, -0.05) is 66.7 Å². The maximum Gasteiger partial charge on any atom is 0.410 e. The third-order valence-corrected chi connectivity index (χ3v) is 6.53. The lowest BCUT2D eigenvalue weighted by Gasteiger charge is -2.30. The number of rotatable bonds is 5. The van der Waals surface area contributed by atoms with E-state index in [2.05, 4.69) is 10.2 Å². The van der Waals surface area contributed by atoms with E-state index in [1.165, 1.54) is 0 Å². The average Bonchev–Trinajstić information content (AvgIpc) is 3.38. The van der Waals surface area contributed by atoms with Gasteiger partial charge in [0, 0.05) is 43.1 Å². The van der Waals surface area contributed by atoms with Gasteiger partial charge in [0.2, 0.25) is 5.91 Å². The number of nitrogens with one attached hydrogen (secondary N) is 1. The van der Waals surface area contributed by atoms with Crippen LogP contribution in [0.5, 0.6) is 0 Å². The topological polar surface area (TPSA) is 78.5 Å². The third kappa shape index (κ3) is 4.89. The fourth-order valence-corrected chi connectivity index (χ4v) is 4.69. The van der Waals surface area contributed by atoms with Crippen molar-refractivity contribution in [3.05, 3.63) is 90.1 Å². The second-order valence-corrected chi connectivity index (χ2v) is 8.84. The number of carbonyl (C=O) groups is 2. The zero-order valence-electron chi connectivity index (χ0n) is 19.7. The van der Waals surface area contributed by atoms with Crippen molar-refractivity contribution >= 4 is 34.3 Å². The molecule has 0 bridgehead atoms. The molecule has 1 saturated heterocycles. The van der Waals surface area contributed by atoms with Gasteiger partial charge in [0.05, 0.1) is 5.69 Å². The van der Waals surface area contributed by atoms with Crippen LogP contribution in [0.15, 0.2) is 78.9 Å². The average molecular weight is 469 g/mol. The van der Waals surface area contributed by atoms with Crippen LogP contribution in [0, 0.1) is 0 Å². The van der Waals surface area contributed by atoms with Crippen LogP contribution in [0.2, 0.25) is 0 Å². The Kier molecular flexibility index (Phi) is 6.48. The van der Waals surface area contributed by atoms with E-state index in [1.54, 1.807) is 16.7 Å². The van der Waals surface area contributed by atoms with E-state index >= 15 is 0 Å². The van der Waals surface area contributed by atoms with Crippen molar-refractivity contribution in [2.75, 3.05) is 18.0 Å². The number of carbonyl (C=O) groups excluding carboxylic acids is 2. The summed E-state index contributed by atoms with van der Waals surface area (Å²) >= 11 is 0. The predicted molar refractivity (Wildman–Crippen MR) is 136 cm³/mol. The van der Waals surface area contributed by atoms with Crippen LogP contribution in [-0.4, -0.2) is 40.2 Å². The summed E-state index contributed by atoms with van der Waals surface area (Å²) in [6.07, 6.45) is 1.32. The molecule has 2 heterocycles. The van der Waals surface area contributed by atoms with Gasteiger partial charge in [-0.05, 0) is 29.9 Å². The first-order valence-corrected chi connectivity index (χ1v) is 11.9. The Labute approximate surface area is 204 Å². The molecule has 1 fully saturated rings. The largest absolute Gasteiger partial charge is 0.445 e. The summed E-state index contributed by atoms with van der Waals surface area (Å²) in [6, 6.07) is 25.6. The Bertz CT molecular complexity index is 1320. The van der Waals surface area contributed by atoms with Gasteiger partial charge in [-0.3, -0.25) is 14.8 Å². The van der Waals surface area contributed by atoms with Crippen LogP contribution < -0.4 is 4.90 Å². The number of aromatic amines is 1. The van der Waals surface area contributed by atoms with Gasteiger partial charge < -0.3 is 9.64 Å². The SMILES string of the molecule is CC(=O)N(c1cc(C2CCN(C(=O)OCc3ccccc3)CC2)[nH]n1)c1cccc2ccccc12. The molecule has 0 saturated carbocycles. The third-order valence-electron chi connectivity index (χ3n) is 6.53. The number of fused-ring (bicyclic) bond motifs is 1. The summed E-state index contributed by atoms with van der Waals surface area (Å²) in [6.45, 7) is 3.06. The summed E-state index contributed by atoms with van der Waals surface area (Å²) < 4.78 is 5.48. The van der Waals surface area contributed by atoms with Crippen molar-refractivity contribution in [2.24, 2.45) is 0 Å². The number of ether oxygens (including phenoxy) is 1. The zero-order valence-corrected chi connectivity index (χ0v) is 19.7. The Hall–Kier alpha value is -4.13. The molecule has 3 aromatic carbocycles. The summed E-state index contributed by atoms with van der Waals surface area (Å²) in [5, 5.41) is 9.69. The quantitative estimate of drug-likeness (QED) is 0.404. The minimum atomic E-state index is -0.281. The highest BCUT2D eigenvalue weighted by Crippen LogP contribution is 2.34. The number of hydrogen-bond donors (Lipinski definition) is 1. The summed E-state index contributed by atoms with van der Waals surface area (Å²) in [4.78, 5) is 28.6. The van der Waals surface area contributed by atoms with Gasteiger partial charge in [0.15, 0.2) is 5.82 Å². The second kappa shape index (κ2) is 10.0. The van der Waals surface area contributed by atoms with Gasteiger partial charge in [-0.15, -0.1) is 0 Å². The van der Waals surface area contributed by atoms with Gasteiger partial charge in [-0.2, -0.15) is 5.10 Å². The van der Waals surface area contributed by atoms with Crippen LogP contribution in [0.1, 0.15) is 36.9 Å². The highest BCUT2D eigenvalue weighted by Gasteiger charge is 2.27. The van der Waals surface area contributed by atoms with Crippen molar-refractivity contribution < 1.29 is 14.3 Å². The number of aromatic nitrogens is 2. The van der Waals surface area contributed by atoms with Crippen LogP contribution >= 0.6 is 0 Å². The molecule has 7 nitrogen and oxygen atoms in total. The number of piperidine rings is 1. The van der Waals surface area contributed by atoms with Gasteiger partial charge in [-0.25, -0.2) is 4.79 Å². The minimum Gasteiger partial charge on any atom is -0.445 e. The summed E-state index contributed by atoms with van der Waals surface area (Å²) in [7, 11) is 0. The molecule has 1 aromatic heterocycles. The summed E-state index contributed by atoms with van der Waals surface area (Å²) in [5.74, 6) is 0.708.